The summed E-state index contributed by atoms with van der Waals surface area (Å²) in [6.07, 6.45) is 5.00. The molecule has 0 heteroatoms. The molecule has 0 unspecified atom stereocenters. The van der Waals surface area contributed by atoms with Gasteiger partial charge in [-0.15, -0.1) is 0 Å². The standard InChI is InChI=1S/2C5H12.4C3H8.CH4/c2*1-5(2,3)4;4*1-3-2;/h2*1-4H3;4*3H2,1-2H3;1H4. The molecular formula is C23H60. The lowest BCUT2D eigenvalue weighted by atomic mass is 10.0. The fourth-order valence-electron chi connectivity index (χ4n) is 0. The van der Waals surface area contributed by atoms with Crippen molar-refractivity contribution >= 4 is 0 Å². The highest BCUT2D eigenvalue weighted by Crippen LogP contribution is 2.08. The second-order valence-corrected chi connectivity index (χ2v) is 8.83. The smallest absolute Gasteiger partial charge is 0.0411 e. The molecule has 0 rings (SSSR count). The Bertz CT molecular complexity index is 77.0. The fourth-order valence-corrected chi connectivity index (χ4v) is 0. The van der Waals surface area contributed by atoms with Crippen molar-refractivity contribution in [3.63, 3.8) is 0 Å². The van der Waals surface area contributed by atoms with Crippen LogP contribution < -0.4 is 0 Å². The summed E-state index contributed by atoms with van der Waals surface area (Å²) < 4.78 is 0. The average Bonchev–Trinajstić information content (AvgIpc) is 2.15. The molecule has 152 valence electrons. The molecule has 23 heavy (non-hydrogen) atoms. The molecular weight excluding hydrogens is 276 g/mol. The van der Waals surface area contributed by atoms with Crippen molar-refractivity contribution in [2.45, 2.75) is 144 Å². The molecule has 0 saturated heterocycles. The van der Waals surface area contributed by atoms with E-state index in [0.29, 0.717) is 10.8 Å². The van der Waals surface area contributed by atoms with Gasteiger partial charge in [0.1, 0.15) is 0 Å². The van der Waals surface area contributed by atoms with Crippen LogP contribution in [0.3, 0.4) is 0 Å². The predicted molar refractivity (Wildman–Crippen MR) is 121 cm³/mol. The van der Waals surface area contributed by atoms with E-state index >= 15 is 0 Å². The molecule has 0 radical (unpaired) electrons. The van der Waals surface area contributed by atoms with Crippen LogP contribution in [0.1, 0.15) is 144 Å². The first-order chi connectivity index (χ1) is 9.66. The van der Waals surface area contributed by atoms with E-state index in [4.69, 9.17) is 0 Å². The summed E-state index contributed by atoms with van der Waals surface area (Å²) in [5.41, 5.74) is 1.00. The summed E-state index contributed by atoms with van der Waals surface area (Å²) in [7, 11) is 0. The van der Waals surface area contributed by atoms with Crippen LogP contribution in [-0.2, 0) is 0 Å². The molecule has 0 aliphatic carbocycles. The van der Waals surface area contributed by atoms with Gasteiger partial charge in [-0.2, -0.15) is 0 Å². The largest absolute Gasteiger partial charge is 0.0776 e. The van der Waals surface area contributed by atoms with E-state index in [-0.39, 0.29) is 7.43 Å². The van der Waals surface area contributed by atoms with Crippen molar-refractivity contribution in [1.29, 1.82) is 0 Å². The molecule has 0 spiro atoms. The molecule has 0 atom stereocenters. The topological polar surface area (TPSA) is 0 Å². The highest BCUT2D eigenvalue weighted by Gasteiger charge is 1.96. The Morgan fingerprint density at radius 3 is 0.348 bits per heavy atom. The first-order valence-corrected chi connectivity index (χ1v) is 9.66. The first-order valence-electron chi connectivity index (χ1n) is 9.66. The van der Waals surface area contributed by atoms with Crippen molar-refractivity contribution in [1.82, 2.24) is 0 Å². The lowest BCUT2D eigenvalue weighted by Gasteiger charge is -2.05. The Labute approximate surface area is 155 Å². The van der Waals surface area contributed by atoms with E-state index < -0.39 is 0 Å². The summed E-state index contributed by atoms with van der Waals surface area (Å²) in [4.78, 5) is 0. The maximum absolute atomic E-state index is 2.19. The van der Waals surface area contributed by atoms with Gasteiger partial charge >= 0.3 is 0 Å². The maximum atomic E-state index is 2.19. The molecule has 0 aromatic carbocycles. The molecule has 0 nitrogen and oxygen atoms in total. The van der Waals surface area contributed by atoms with Crippen LogP contribution in [0.4, 0.5) is 0 Å². The molecule has 0 aliphatic heterocycles. The molecule has 0 aromatic heterocycles. The van der Waals surface area contributed by atoms with E-state index in [2.05, 4.69) is 111 Å². The molecule has 0 N–H and O–H groups in total. The zero-order valence-corrected chi connectivity index (χ0v) is 19.8. The van der Waals surface area contributed by atoms with Gasteiger partial charge in [-0.1, -0.05) is 144 Å². The van der Waals surface area contributed by atoms with Crippen LogP contribution in [0.15, 0.2) is 0 Å². The summed E-state index contributed by atoms with van der Waals surface area (Å²) in [6, 6.07) is 0. The second kappa shape index (κ2) is 37.9. The third kappa shape index (κ3) is 0. The molecule has 0 aromatic rings. The lowest BCUT2D eigenvalue weighted by Crippen LogP contribution is -1.93. The summed E-state index contributed by atoms with van der Waals surface area (Å²) >= 11 is 0. The molecule has 0 bridgehead atoms. The van der Waals surface area contributed by atoms with Gasteiger partial charge in [0, 0.05) is 0 Å². The number of rotatable bonds is 0. The van der Waals surface area contributed by atoms with E-state index in [1.165, 1.54) is 25.7 Å². The lowest BCUT2D eigenvalue weighted by molar-refractivity contribution is 0.469. The van der Waals surface area contributed by atoms with E-state index in [1.807, 2.05) is 0 Å². The van der Waals surface area contributed by atoms with E-state index in [9.17, 15) is 0 Å². The zero-order valence-electron chi connectivity index (χ0n) is 19.8. The van der Waals surface area contributed by atoms with Crippen molar-refractivity contribution < 1.29 is 0 Å². The van der Waals surface area contributed by atoms with Crippen LogP contribution in [0.25, 0.3) is 0 Å². The van der Waals surface area contributed by atoms with Crippen LogP contribution in [-0.4, -0.2) is 0 Å². The van der Waals surface area contributed by atoms with Crippen molar-refractivity contribution in [3.05, 3.63) is 0 Å². The Morgan fingerprint density at radius 1 is 0.348 bits per heavy atom. The average molecular weight is 337 g/mol. The second-order valence-electron chi connectivity index (χ2n) is 8.83. The van der Waals surface area contributed by atoms with Gasteiger partial charge in [0.05, 0.1) is 0 Å². The summed E-state index contributed by atoms with van der Waals surface area (Å²) in [5, 5.41) is 0. The van der Waals surface area contributed by atoms with Crippen molar-refractivity contribution in [2.75, 3.05) is 0 Å². The Morgan fingerprint density at radius 2 is 0.348 bits per heavy atom. The SMILES string of the molecule is C.CC(C)(C)C.CC(C)(C)C.CCC.CCC.CCC.CCC. The quantitative estimate of drug-likeness (QED) is 0.412. The Balaban J connectivity index is -0.0000000270. The van der Waals surface area contributed by atoms with Crippen LogP contribution >= 0.6 is 0 Å². The van der Waals surface area contributed by atoms with Gasteiger partial charge in [-0.25, -0.2) is 0 Å². The molecule has 0 amide bonds. The molecule has 0 saturated carbocycles. The van der Waals surface area contributed by atoms with Gasteiger partial charge in [0.15, 0.2) is 0 Å². The van der Waals surface area contributed by atoms with Crippen LogP contribution in [0.5, 0.6) is 0 Å². The van der Waals surface area contributed by atoms with Gasteiger partial charge in [0.2, 0.25) is 0 Å². The number of hydrogen-bond donors (Lipinski definition) is 0. The third-order valence-corrected chi connectivity index (χ3v) is 0. The summed E-state index contributed by atoms with van der Waals surface area (Å²) in [5.74, 6) is 0. The Kier molecular flexibility index (Phi) is 71.7. The minimum Gasteiger partial charge on any atom is -0.0776 e. The zero-order chi connectivity index (χ0) is 19.8. The number of hydrogen-bond acceptors (Lipinski definition) is 0. The Hall–Kier alpha value is 0. The summed E-state index contributed by atoms with van der Waals surface area (Å²) in [6.45, 7) is 34.5. The maximum Gasteiger partial charge on any atom is -0.0411 e. The van der Waals surface area contributed by atoms with Crippen molar-refractivity contribution in [3.8, 4) is 0 Å². The highest BCUT2D eigenvalue weighted by atomic mass is 14.0. The van der Waals surface area contributed by atoms with E-state index in [0.717, 1.165) is 0 Å². The normalized spacial score (nSPS) is 8.35. The first kappa shape index (κ1) is 43.5. The van der Waals surface area contributed by atoms with Crippen LogP contribution in [0.2, 0.25) is 0 Å². The van der Waals surface area contributed by atoms with Gasteiger partial charge < -0.3 is 0 Å². The van der Waals surface area contributed by atoms with Gasteiger partial charge in [0.25, 0.3) is 0 Å². The molecule has 0 aliphatic rings. The van der Waals surface area contributed by atoms with Gasteiger partial charge in [-0.05, 0) is 10.8 Å². The highest BCUT2D eigenvalue weighted by molar-refractivity contribution is 4.47. The fraction of sp³-hybridized carbons (Fsp3) is 1.00. The van der Waals surface area contributed by atoms with Gasteiger partial charge in [-0.3, -0.25) is 0 Å². The van der Waals surface area contributed by atoms with Crippen LogP contribution in [0, 0.1) is 10.8 Å². The molecule has 0 heterocycles. The predicted octanol–water partition coefficient (Wildman–Crippen LogP) is 10.4. The monoisotopic (exact) mass is 336 g/mol. The molecule has 0 fully saturated rings. The van der Waals surface area contributed by atoms with E-state index in [1.54, 1.807) is 0 Å². The third-order valence-electron chi connectivity index (χ3n) is 0. The minimum atomic E-state index is 0. The van der Waals surface area contributed by atoms with Crippen molar-refractivity contribution in [2.24, 2.45) is 10.8 Å². The minimum absolute atomic E-state index is 0.